The molecule has 1 heterocycles. The van der Waals surface area contributed by atoms with Crippen molar-refractivity contribution < 1.29 is 24.2 Å². The number of anilines is 1. The number of amides is 2. The average molecular weight is 357 g/mol. The van der Waals surface area contributed by atoms with Crippen molar-refractivity contribution in [3.8, 4) is 17.2 Å². The number of hydrogen-bond acceptors (Lipinski definition) is 6. The van der Waals surface area contributed by atoms with Crippen LogP contribution < -0.4 is 14.4 Å². The fourth-order valence-electron chi connectivity index (χ4n) is 2.39. The summed E-state index contributed by atoms with van der Waals surface area (Å²) in [5, 5.41) is 8.96. The van der Waals surface area contributed by atoms with Crippen LogP contribution in [-0.2, 0) is 4.79 Å². The molecule has 6 nitrogen and oxygen atoms in total. The summed E-state index contributed by atoms with van der Waals surface area (Å²) in [4.78, 5) is 26.2. The Bertz CT molecular complexity index is 860. The number of thioether (sulfide) groups is 1. The van der Waals surface area contributed by atoms with E-state index in [1.807, 2.05) is 0 Å². The van der Waals surface area contributed by atoms with E-state index in [9.17, 15) is 14.7 Å². The van der Waals surface area contributed by atoms with Crippen LogP contribution in [0.2, 0.25) is 0 Å². The molecule has 2 aromatic carbocycles. The topological polar surface area (TPSA) is 76.1 Å². The lowest BCUT2D eigenvalue weighted by Gasteiger charge is -2.12. The molecule has 1 N–H and O–H groups in total. The predicted octanol–water partition coefficient (Wildman–Crippen LogP) is 3.65. The number of ether oxygens (including phenoxy) is 2. The molecule has 0 saturated carbocycles. The molecule has 0 unspecified atom stereocenters. The number of phenols is 1. The van der Waals surface area contributed by atoms with Gasteiger partial charge in [0.2, 0.25) is 0 Å². The molecule has 2 aromatic rings. The molecule has 0 aromatic heterocycles. The van der Waals surface area contributed by atoms with Gasteiger partial charge < -0.3 is 14.6 Å². The van der Waals surface area contributed by atoms with Crippen LogP contribution in [0.15, 0.2) is 47.4 Å². The van der Waals surface area contributed by atoms with Gasteiger partial charge in [-0.05, 0) is 59.8 Å². The van der Waals surface area contributed by atoms with E-state index in [1.54, 1.807) is 31.4 Å². The second kappa shape index (κ2) is 6.90. The highest BCUT2D eigenvalue weighted by Crippen LogP contribution is 2.37. The smallest absolute Gasteiger partial charge is 0.298 e. The standard InChI is InChI=1S/C18H15NO5S/c1-23-14-8-3-11(9-15(14)24-2)10-16-17(21)19(18(22)25-16)12-4-6-13(20)7-5-12/h3-10,20H,1-2H3. The summed E-state index contributed by atoms with van der Waals surface area (Å²) in [6.45, 7) is 0. The minimum absolute atomic E-state index is 0.0663. The lowest BCUT2D eigenvalue weighted by molar-refractivity contribution is -0.113. The van der Waals surface area contributed by atoms with Gasteiger partial charge in [-0.2, -0.15) is 0 Å². The highest BCUT2D eigenvalue weighted by Gasteiger charge is 2.36. The summed E-state index contributed by atoms with van der Waals surface area (Å²) in [6.07, 6.45) is 1.63. The van der Waals surface area contributed by atoms with Gasteiger partial charge >= 0.3 is 0 Å². The quantitative estimate of drug-likeness (QED) is 0.842. The predicted molar refractivity (Wildman–Crippen MR) is 96.1 cm³/mol. The molecule has 3 rings (SSSR count). The fraction of sp³-hybridized carbons (Fsp3) is 0.111. The number of methoxy groups -OCH3 is 2. The molecule has 1 fully saturated rings. The minimum atomic E-state index is -0.407. The first-order valence-electron chi connectivity index (χ1n) is 7.32. The van der Waals surface area contributed by atoms with Crippen molar-refractivity contribution in [1.82, 2.24) is 0 Å². The molecule has 1 aliphatic rings. The lowest BCUT2D eigenvalue weighted by Crippen LogP contribution is -2.27. The molecular weight excluding hydrogens is 342 g/mol. The first-order chi connectivity index (χ1) is 12.0. The number of nitrogens with zero attached hydrogens (tertiary/aromatic N) is 1. The number of hydrogen-bond donors (Lipinski definition) is 1. The van der Waals surface area contributed by atoms with Crippen LogP contribution in [0.4, 0.5) is 10.5 Å². The first-order valence-corrected chi connectivity index (χ1v) is 8.14. The van der Waals surface area contributed by atoms with E-state index in [-0.39, 0.29) is 11.0 Å². The molecule has 0 bridgehead atoms. The maximum absolute atomic E-state index is 12.6. The van der Waals surface area contributed by atoms with E-state index in [0.717, 1.165) is 16.7 Å². The van der Waals surface area contributed by atoms with E-state index in [1.165, 1.54) is 31.4 Å². The van der Waals surface area contributed by atoms with E-state index < -0.39 is 5.91 Å². The zero-order valence-electron chi connectivity index (χ0n) is 13.6. The molecule has 25 heavy (non-hydrogen) atoms. The zero-order chi connectivity index (χ0) is 18.0. The van der Waals surface area contributed by atoms with Crippen LogP contribution in [0.3, 0.4) is 0 Å². The van der Waals surface area contributed by atoms with Crippen molar-refractivity contribution in [3.05, 3.63) is 52.9 Å². The molecule has 0 spiro atoms. The third-order valence-corrected chi connectivity index (χ3v) is 4.48. The van der Waals surface area contributed by atoms with Crippen molar-refractivity contribution in [2.75, 3.05) is 19.1 Å². The van der Waals surface area contributed by atoms with Gasteiger partial charge in [0.1, 0.15) is 5.75 Å². The molecule has 128 valence electrons. The Labute approximate surface area is 148 Å². The SMILES string of the molecule is COc1ccc(C=C2SC(=O)N(c3ccc(O)cc3)C2=O)cc1OC. The minimum Gasteiger partial charge on any atom is -0.508 e. The molecular formula is C18H15NO5S. The molecule has 0 aliphatic carbocycles. The second-order valence-electron chi connectivity index (χ2n) is 5.15. The number of rotatable bonds is 4. The number of imide groups is 1. The van der Waals surface area contributed by atoms with E-state index in [0.29, 0.717) is 27.7 Å². The Balaban J connectivity index is 1.91. The van der Waals surface area contributed by atoms with E-state index in [4.69, 9.17) is 9.47 Å². The number of aromatic hydroxyl groups is 1. The van der Waals surface area contributed by atoms with Crippen LogP contribution in [0.5, 0.6) is 17.2 Å². The van der Waals surface area contributed by atoms with Crippen LogP contribution in [0.25, 0.3) is 6.08 Å². The molecule has 7 heteroatoms. The fourth-order valence-corrected chi connectivity index (χ4v) is 3.23. The summed E-state index contributed by atoms with van der Waals surface area (Å²) in [5.74, 6) is 0.776. The van der Waals surface area contributed by atoms with Crippen molar-refractivity contribution in [1.29, 1.82) is 0 Å². The largest absolute Gasteiger partial charge is 0.508 e. The van der Waals surface area contributed by atoms with Gasteiger partial charge in [0.05, 0.1) is 24.8 Å². The number of benzene rings is 2. The maximum Gasteiger partial charge on any atom is 0.298 e. The lowest BCUT2D eigenvalue weighted by atomic mass is 10.2. The van der Waals surface area contributed by atoms with Gasteiger partial charge in [0.15, 0.2) is 11.5 Å². The van der Waals surface area contributed by atoms with Gasteiger partial charge in [0.25, 0.3) is 11.1 Å². The monoisotopic (exact) mass is 357 g/mol. The summed E-state index contributed by atoms with van der Waals surface area (Å²) >= 11 is 0.863. The Hall–Kier alpha value is -2.93. The van der Waals surface area contributed by atoms with Crippen LogP contribution >= 0.6 is 11.8 Å². The highest BCUT2D eigenvalue weighted by molar-refractivity contribution is 8.19. The number of carbonyl (C=O) groups excluding carboxylic acids is 2. The molecule has 2 amide bonds. The highest BCUT2D eigenvalue weighted by atomic mass is 32.2. The van der Waals surface area contributed by atoms with Crippen LogP contribution in [0.1, 0.15) is 5.56 Å². The van der Waals surface area contributed by atoms with E-state index in [2.05, 4.69) is 0 Å². The molecule has 0 atom stereocenters. The third-order valence-electron chi connectivity index (χ3n) is 3.61. The normalized spacial score (nSPS) is 15.8. The zero-order valence-corrected chi connectivity index (χ0v) is 14.4. The molecule has 1 saturated heterocycles. The number of phenolic OH excluding ortho intramolecular Hbond substituents is 1. The molecule has 0 radical (unpaired) electrons. The summed E-state index contributed by atoms with van der Waals surface area (Å²) in [5.41, 5.74) is 1.13. The van der Waals surface area contributed by atoms with Gasteiger partial charge in [-0.25, -0.2) is 4.90 Å². The summed E-state index contributed by atoms with van der Waals surface area (Å²) < 4.78 is 10.4. The maximum atomic E-state index is 12.6. The number of carbonyl (C=O) groups is 2. The van der Waals surface area contributed by atoms with Gasteiger partial charge in [0, 0.05) is 0 Å². The van der Waals surface area contributed by atoms with Crippen molar-refractivity contribution in [3.63, 3.8) is 0 Å². The Morgan fingerprint density at radius 1 is 1.00 bits per heavy atom. The van der Waals surface area contributed by atoms with Crippen molar-refractivity contribution in [2.45, 2.75) is 0 Å². The Morgan fingerprint density at radius 3 is 2.32 bits per heavy atom. The van der Waals surface area contributed by atoms with E-state index >= 15 is 0 Å². The van der Waals surface area contributed by atoms with Gasteiger partial charge in [-0.15, -0.1) is 0 Å². The summed E-state index contributed by atoms with van der Waals surface area (Å²) in [7, 11) is 3.07. The second-order valence-corrected chi connectivity index (χ2v) is 6.14. The third kappa shape index (κ3) is 3.32. The van der Waals surface area contributed by atoms with Gasteiger partial charge in [-0.1, -0.05) is 6.07 Å². The molecule has 1 aliphatic heterocycles. The average Bonchev–Trinajstić information content (AvgIpc) is 2.89. The Morgan fingerprint density at radius 2 is 1.68 bits per heavy atom. The van der Waals surface area contributed by atoms with Crippen LogP contribution in [0, 0.1) is 0 Å². The van der Waals surface area contributed by atoms with Crippen molar-refractivity contribution >= 4 is 34.7 Å². The van der Waals surface area contributed by atoms with Gasteiger partial charge in [-0.3, -0.25) is 9.59 Å². The van der Waals surface area contributed by atoms with Crippen molar-refractivity contribution in [2.24, 2.45) is 0 Å². The summed E-state index contributed by atoms with van der Waals surface area (Å²) in [6, 6.07) is 11.1. The van der Waals surface area contributed by atoms with Crippen LogP contribution in [-0.4, -0.2) is 30.5 Å². The first kappa shape index (κ1) is 16.9. The Kier molecular flexibility index (Phi) is 4.67.